The predicted molar refractivity (Wildman–Crippen MR) is 132 cm³/mol. The molecule has 182 valence electrons. The molecule has 1 saturated heterocycles. The second kappa shape index (κ2) is 13.3. The molecule has 1 spiro atoms. The molecule has 1 aliphatic heterocycles. The number of hydrogen-bond acceptors (Lipinski definition) is 5. The Kier molecular flexibility index (Phi) is 11.5. The third-order valence-electron chi connectivity index (χ3n) is 6.37. The third kappa shape index (κ3) is 6.99. The summed E-state index contributed by atoms with van der Waals surface area (Å²) in [6.45, 7) is 12.9. The van der Waals surface area contributed by atoms with E-state index in [0.29, 0.717) is 32.4 Å². The number of ketones is 2. The molecular weight excluding hydrogens is 416 g/mol. The van der Waals surface area contributed by atoms with Crippen molar-refractivity contribution in [2.45, 2.75) is 79.6 Å². The van der Waals surface area contributed by atoms with E-state index >= 15 is 0 Å². The maximum Gasteiger partial charge on any atom is 0.222 e. The number of aryl methyl sites for hydroxylation is 2. The smallest absolute Gasteiger partial charge is 0.222 e. The SMILES string of the molecule is CC.CC#Cc1cc(C)c(C2C(=O)CC3(CCN(C(=O)CC)CC3)CC2=O)c(C)c1.CON. The van der Waals surface area contributed by atoms with Crippen molar-refractivity contribution < 1.29 is 19.2 Å². The molecule has 2 fully saturated rings. The first-order valence-corrected chi connectivity index (χ1v) is 11.8. The molecular formula is C27H40N2O4. The topological polar surface area (TPSA) is 89.7 Å². The maximum absolute atomic E-state index is 13.1. The van der Waals surface area contributed by atoms with Gasteiger partial charge in [-0.3, -0.25) is 14.4 Å². The van der Waals surface area contributed by atoms with Crippen LogP contribution < -0.4 is 5.90 Å². The van der Waals surface area contributed by atoms with Crippen LogP contribution in [0.1, 0.15) is 88.0 Å². The fourth-order valence-corrected chi connectivity index (χ4v) is 4.96. The van der Waals surface area contributed by atoms with E-state index < -0.39 is 5.92 Å². The molecule has 3 rings (SSSR count). The standard InChI is InChI=1S/C24H29NO3.C2H6.CH5NO/c1-5-7-18-12-16(3)22(17(4)13-18)23-19(26)14-24(15-20(23)27)8-10-25(11-9-24)21(28)6-2;1-2;1-3-2/h12-13,23H,6,8-11,14-15H2,1-4H3;1-2H3;2H2,1H3. The number of hydrogen-bond donors (Lipinski definition) is 1. The second-order valence-corrected chi connectivity index (χ2v) is 8.59. The number of piperidine rings is 1. The lowest BCUT2D eigenvalue weighted by atomic mass is 9.62. The quantitative estimate of drug-likeness (QED) is 0.408. The zero-order valence-corrected chi connectivity index (χ0v) is 21.3. The number of amides is 1. The van der Waals surface area contributed by atoms with E-state index in [0.717, 1.165) is 35.1 Å². The number of rotatable bonds is 2. The van der Waals surface area contributed by atoms with Crippen LogP contribution in [-0.4, -0.2) is 42.6 Å². The summed E-state index contributed by atoms with van der Waals surface area (Å²) >= 11 is 0. The van der Waals surface area contributed by atoms with Crippen molar-refractivity contribution in [3.05, 3.63) is 34.4 Å². The summed E-state index contributed by atoms with van der Waals surface area (Å²) in [5.41, 5.74) is 3.45. The van der Waals surface area contributed by atoms with E-state index in [1.807, 2.05) is 51.7 Å². The fraction of sp³-hybridized carbons (Fsp3) is 0.593. The summed E-state index contributed by atoms with van der Waals surface area (Å²) in [7, 11) is 1.40. The molecule has 0 bridgehead atoms. The first-order chi connectivity index (χ1) is 15.7. The summed E-state index contributed by atoms with van der Waals surface area (Å²) in [6.07, 6.45) is 2.86. The van der Waals surface area contributed by atoms with Gasteiger partial charge in [-0.05, 0) is 67.9 Å². The molecule has 6 heteroatoms. The van der Waals surface area contributed by atoms with Crippen molar-refractivity contribution in [3.8, 4) is 11.8 Å². The van der Waals surface area contributed by atoms with E-state index in [4.69, 9.17) is 0 Å². The van der Waals surface area contributed by atoms with Gasteiger partial charge >= 0.3 is 0 Å². The van der Waals surface area contributed by atoms with Gasteiger partial charge in [0.1, 0.15) is 17.5 Å². The molecule has 0 unspecified atom stereocenters. The third-order valence-corrected chi connectivity index (χ3v) is 6.37. The Hall–Kier alpha value is -2.49. The molecule has 0 aromatic heterocycles. The van der Waals surface area contributed by atoms with Crippen LogP contribution in [0.4, 0.5) is 0 Å². The summed E-state index contributed by atoms with van der Waals surface area (Å²) in [5, 5.41) is 0. The highest BCUT2D eigenvalue weighted by molar-refractivity contribution is 6.10. The number of carbonyl (C=O) groups is 3. The lowest BCUT2D eigenvalue weighted by molar-refractivity contribution is -0.140. The maximum atomic E-state index is 13.1. The van der Waals surface area contributed by atoms with Gasteiger partial charge in [-0.25, -0.2) is 5.90 Å². The normalized spacial score (nSPS) is 17.3. The van der Waals surface area contributed by atoms with Gasteiger partial charge in [0.2, 0.25) is 5.91 Å². The van der Waals surface area contributed by atoms with E-state index in [9.17, 15) is 14.4 Å². The molecule has 1 saturated carbocycles. The van der Waals surface area contributed by atoms with Gasteiger partial charge in [0, 0.05) is 37.9 Å². The summed E-state index contributed by atoms with van der Waals surface area (Å²) in [5.74, 6) is 9.87. The molecule has 2 N–H and O–H groups in total. The fourth-order valence-electron chi connectivity index (χ4n) is 4.96. The predicted octanol–water partition coefficient (Wildman–Crippen LogP) is 4.24. The molecule has 33 heavy (non-hydrogen) atoms. The van der Waals surface area contributed by atoms with Crippen LogP contribution in [0.5, 0.6) is 0 Å². The Bertz CT molecular complexity index is 859. The van der Waals surface area contributed by atoms with Gasteiger partial charge < -0.3 is 9.74 Å². The minimum Gasteiger partial charge on any atom is -0.343 e. The van der Waals surface area contributed by atoms with Gasteiger partial charge in [0.05, 0.1) is 7.11 Å². The van der Waals surface area contributed by atoms with Crippen molar-refractivity contribution in [1.29, 1.82) is 0 Å². The molecule has 1 aromatic carbocycles. The minimum absolute atomic E-state index is 0.0343. The first kappa shape index (κ1) is 28.5. The molecule has 1 aromatic rings. The highest BCUT2D eigenvalue weighted by Crippen LogP contribution is 2.46. The second-order valence-electron chi connectivity index (χ2n) is 8.59. The zero-order valence-electron chi connectivity index (χ0n) is 21.3. The van der Waals surface area contributed by atoms with E-state index in [-0.39, 0.29) is 22.9 Å². The van der Waals surface area contributed by atoms with Gasteiger partial charge in [0.15, 0.2) is 0 Å². The lowest BCUT2D eigenvalue weighted by Crippen LogP contribution is -2.48. The molecule has 0 radical (unpaired) electrons. The Labute approximate surface area is 199 Å². The van der Waals surface area contributed by atoms with Crippen molar-refractivity contribution >= 4 is 17.5 Å². The van der Waals surface area contributed by atoms with Crippen molar-refractivity contribution in [2.24, 2.45) is 11.3 Å². The molecule has 0 atom stereocenters. The molecule has 1 aliphatic carbocycles. The number of likely N-dealkylation sites (tertiary alicyclic amines) is 1. The minimum atomic E-state index is -0.649. The van der Waals surface area contributed by atoms with Crippen molar-refractivity contribution in [2.75, 3.05) is 20.2 Å². The first-order valence-electron chi connectivity index (χ1n) is 11.8. The average molecular weight is 457 g/mol. The van der Waals surface area contributed by atoms with Crippen LogP contribution >= 0.6 is 0 Å². The van der Waals surface area contributed by atoms with Gasteiger partial charge in [0.25, 0.3) is 0 Å². The number of Topliss-reactive ketones (excluding diaryl/α,β-unsaturated/α-hetero) is 2. The number of nitrogens with two attached hydrogens (primary N) is 1. The summed E-state index contributed by atoms with van der Waals surface area (Å²) < 4.78 is 0. The zero-order chi connectivity index (χ0) is 25.2. The monoisotopic (exact) mass is 456 g/mol. The van der Waals surface area contributed by atoms with Crippen LogP contribution in [0.25, 0.3) is 0 Å². The van der Waals surface area contributed by atoms with Crippen molar-refractivity contribution in [3.63, 3.8) is 0 Å². The average Bonchev–Trinajstić information content (AvgIpc) is 2.77. The Morgan fingerprint density at radius 1 is 1.12 bits per heavy atom. The lowest BCUT2D eigenvalue weighted by Gasteiger charge is -2.44. The van der Waals surface area contributed by atoms with Gasteiger partial charge in [-0.2, -0.15) is 0 Å². The van der Waals surface area contributed by atoms with E-state index in [1.54, 1.807) is 6.92 Å². The van der Waals surface area contributed by atoms with Crippen LogP contribution in [0.15, 0.2) is 12.1 Å². The van der Waals surface area contributed by atoms with Crippen LogP contribution in [0.3, 0.4) is 0 Å². The highest BCUT2D eigenvalue weighted by Gasteiger charge is 2.47. The Morgan fingerprint density at radius 3 is 1.97 bits per heavy atom. The van der Waals surface area contributed by atoms with Crippen molar-refractivity contribution in [1.82, 2.24) is 4.90 Å². The Morgan fingerprint density at radius 2 is 1.58 bits per heavy atom. The van der Waals surface area contributed by atoms with Gasteiger partial charge in [-0.15, -0.1) is 5.92 Å². The van der Waals surface area contributed by atoms with Crippen LogP contribution in [0.2, 0.25) is 0 Å². The molecule has 6 nitrogen and oxygen atoms in total. The highest BCUT2D eigenvalue weighted by atomic mass is 16.6. The number of benzene rings is 1. The van der Waals surface area contributed by atoms with E-state index in [2.05, 4.69) is 22.6 Å². The Balaban J connectivity index is 0.00000101. The number of nitrogens with zero attached hydrogens (tertiary/aromatic N) is 1. The largest absolute Gasteiger partial charge is 0.343 e. The van der Waals surface area contributed by atoms with Crippen LogP contribution in [0, 0.1) is 31.1 Å². The van der Waals surface area contributed by atoms with Crippen LogP contribution in [-0.2, 0) is 19.2 Å². The molecule has 1 amide bonds. The summed E-state index contributed by atoms with van der Waals surface area (Å²) in [6, 6.07) is 3.94. The number of carbonyl (C=O) groups excluding carboxylic acids is 3. The van der Waals surface area contributed by atoms with Gasteiger partial charge in [-0.1, -0.05) is 26.7 Å². The summed E-state index contributed by atoms with van der Waals surface area (Å²) in [4.78, 5) is 43.8. The molecule has 2 aliphatic rings. The molecule has 1 heterocycles. The van der Waals surface area contributed by atoms with E-state index in [1.165, 1.54) is 7.11 Å².